The Balaban J connectivity index is 1.79. The molecule has 3 rings (SSSR count). The van der Waals surface area contributed by atoms with E-state index in [1.807, 2.05) is 12.1 Å². The monoisotopic (exact) mass is 245 g/mol. The van der Waals surface area contributed by atoms with E-state index in [-0.39, 0.29) is 0 Å². The molecule has 0 unspecified atom stereocenters. The third-order valence-corrected chi connectivity index (χ3v) is 3.73. The van der Waals surface area contributed by atoms with Crippen LogP contribution in [-0.2, 0) is 6.42 Å². The van der Waals surface area contributed by atoms with Crippen LogP contribution in [0.5, 0.6) is 0 Å². The van der Waals surface area contributed by atoms with Crippen molar-refractivity contribution in [3.05, 3.63) is 23.7 Å². The van der Waals surface area contributed by atoms with E-state index in [1.54, 1.807) is 0 Å². The van der Waals surface area contributed by atoms with Crippen LogP contribution in [0, 0.1) is 0 Å². The van der Waals surface area contributed by atoms with Crippen molar-refractivity contribution in [1.82, 2.24) is 15.2 Å². The van der Waals surface area contributed by atoms with Crippen molar-refractivity contribution in [1.29, 1.82) is 0 Å². The van der Waals surface area contributed by atoms with Gasteiger partial charge in [0.05, 0.1) is 0 Å². The molecule has 4 nitrogen and oxygen atoms in total. The van der Waals surface area contributed by atoms with Crippen LogP contribution in [0.25, 0.3) is 11.6 Å². The molecule has 96 valence electrons. The molecule has 2 heterocycles. The maximum absolute atomic E-state index is 5.67. The van der Waals surface area contributed by atoms with E-state index < -0.39 is 0 Å². The van der Waals surface area contributed by atoms with Gasteiger partial charge in [0.2, 0.25) is 5.82 Å². The standard InChI is InChI=1S/C14H19N3O/c1-2-11-8-9-12(18-11)14-15-13(16-17-14)10-6-4-3-5-7-10/h8-10H,2-7H2,1H3,(H,15,16,17). The van der Waals surface area contributed by atoms with Gasteiger partial charge in [0.15, 0.2) is 5.76 Å². The van der Waals surface area contributed by atoms with Crippen molar-refractivity contribution >= 4 is 0 Å². The molecule has 0 saturated heterocycles. The predicted molar refractivity (Wildman–Crippen MR) is 69.3 cm³/mol. The van der Waals surface area contributed by atoms with E-state index in [0.29, 0.717) is 11.7 Å². The molecule has 0 radical (unpaired) electrons. The lowest BCUT2D eigenvalue weighted by Gasteiger charge is -2.18. The zero-order chi connectivity index (χ0) is 12.4. The number of nitrogens with one attached hydrogen (secondary N) is 1. The molecule has 0 amide bonds. The number of hydrogen-bond donors (Lipinski definition) is 1. The minimum Gasteiger partial charge on any atom is -0.458 e. The highest BCUT2D eigenvalue weighted by Crippen LogP contribution is 2.31. The minimum atomic E-state index is 0.556. The molecule has 18 heavy (non-hydrogen) atoms. The van der Waals surface area contributed by atoms with Crippen molar-refractivity contribution in [2.75, 3.05) is 0 Å². The second-order valence-electron chi connectivity index (χ2n) is 5.00. The number of aryl methyl sites for hydroxylation is 1. The average Bonchev–Trinajstić information content (AvgIpc) is 3.08. The third-order valence-electron chi connectivity index (χ3n) is 3.73. The Bertz CT molecular complexity index is 509. The summed E-state index contributed by atoms with van der Waals surface area (Å²) in [6.07, 6.45) is 7.33. The van der Waals surface area contributed by atoms with E-state index in [0.717, 1.165) is 23.8 Å². The number of furan rings is 1. The Labute approximate surface area is 107 Å². The van der Waals surface area contributed by atoms with Crippen molar-refractivity contribution in [3.8, 4) is 11.6 Å². The molecule has 1 N–H and O–H groups in total. The predicted octanol–water partition coefficient (Wildman–Crippen LogP) is 3.67. The van der Waals surface area contributed by atoms with Crippen molar-refractivity contribution in [2.24, 2.45) is 0 Å². The minimum absolute atomic E-state index is 0.556. The molecule has 0 aliphatic heterocycles. The maximum atomic E-state index is 5.67. The summed E-state index contributed by atoms with van der Waals surface area (Å²) < 4.78 is 5.67. The van der Waals surface area contributed by atoms with Gasteiger partial charge in [-0.3, -0.25) is 5.10 Å². The highest BCUT2D eigenvalue weighted by Gasteiger charge is 2.20. The summed E-state index contributed by atoms with van der Waals surface area (Å²) in [7, 11) is 0. The maximum Gasteiger partial charge on any atom is 0.216 e. The molecule has 1 fully saturated rings. The van der Waals surface area contributed by atoms with Crippen LogP contribution in [0.4, 0.5) is 0 Å². The fraction of sp³-hybridized carbons (Fsp3) is 0.571. The van der Waals surface area contributed by atoms with Gasteiger partial charge in [-0.05, 0) is 25.0 Å². The summed E-state index contributed by atoms with van der Waals surface area (Å²) in [5, 5.41) is 7.36. The lowest BCUT2D eigenvalue weighted by Crippen LogP contribution is -2.06. The fourth-order valence-electron chi connectivity index (χ4n) is 2.63. The molecule has 2 aromatic rings. The summed E-state index contributed by atoms with van der Waals surface area (Å²) in [5.41, 5.74) is 0. The average molecular weight is 245 g/mol. The van der Waals surface area contributed by atoms with E-state index in [9.17, 15) is 0 Å². The second-order valence-corrected chi connectivity index (χ2v) is 5.00. The quantitative estimate of drug-likeness (QED) is 0.897. The molecular formula is C14H19N3O. The van der Waals surface area contributed by atoms with Crippen LogP contribution >= 0.6 is 0 Å². The van der Waals surface area contributed by atoms with Crippen molar-refractivity contribution < 1.29 is 4.42 Å². The molecule has 4 heteroatoms. The van der Waals surface area contributed by atoms with Gasteiger partial charge in [0.1, 0.15) is 11.6 Å². The van der Waals surface area contributed by atoms with Crippen molar-refractivity contribution in [2.45, 2.75) is 51.4 Å². The van der Waals surface area contributed by atoms with E-state index in [2.05, 4.69) is 22.1 Å². The Morgan fingerprint density at radius 2 is 2.11 bits per heavy atom. The molecule has 0 spiro atoms. The zero-order valence-electron chi connectivity index (χ0n) is 10.8. The summed E-state index contributed by atoms with van der Waals surface area (Å²) in [6, 6.07) is 3.94. The van der Waals surface area contributed by atoms with Gasteiger partial charge in [-0.15, -0.1) is 0 Å². The Kier molecular flexibility index (Phi) is 3.17. The Hall–Kier alpha value is -1.58. The fourth-order valence-corrected chi connectivity index (χ4v) is 2.63. The normalized spacial score (nSPS) is 17.2. The summed E-state index contributed by atoms with van der Waals surface area (Å²) in [5.74, 6) is 4.02. The first-order valence-corrected chi connectivity index (χ1v) is 6.88. The van der Waals surface area contributed by atoms with Gasteiger partial charge >= 0.3 is 0 Å². The van der Waals surface area contributed by atoms with Crippen LogP contribution in [0.15, 0.2) is 16.5 Å². The van der Waals surface area contributed by atoms with Crippen LogP contribution in [-0.4, -0.2) is 15.2 Å². The third kappa shape index (κ3) is 2.19. The topological polar surface area (TPSA) is 54.7 Å². The lowest BCUT2D eigenvalue weighted by molar-refractivity contribution is 0.429. The molecule has 0 atom stereocenters. The van der Waals surface area contributed by atoms with E-state index in [1.165, 1.54) is 32.1 Å². The number of H-pyrrole nitrogens is 1. The zero-order valence-corrected chi connectivity index (χ0v) is 10.8. The van der Waals surface area contributed by atoms with Gasteiger partial charge in [0, 0.05) is 12.3 Å². The molecule has 1 aliphatic carbocycles. The van der Waals surface area contributed by atoms with Crippen LogP contribution in [0.3, 0.4) is 0 Å². The summed E-state index contributed by atoms with van der Waals surface area (Å²) >= 11 is 0. The first-order chi connectivity index (χ1) is 8.86. The molecule has 2 aromatic heterocycles. The van der Waals surface area contributed by atoms with Gasteiger partial charge in [-0.2, -0.15) is 5.10 Å². The van der Waals surface area contributed by atoms with E-state index in [4.69, 9.17) is 4.42 Å². The van der Waals surface area contributed by atoms with Crippen LogP contribution in [0.2, 0.25) is 0 Å². The SMILES string of the molecule is CCc1ccc(-c2n[nH]c(C3CCCCC3)n2)o1. The number of hydrogen-bond acceptors (Lipinski definition) is 3. The van der Waals surface area contributed by atoms with Gasteiger partial charge in [-0.1, -0.05) is 26.2 Å². The lowest BCUT2D eigenvalue weighted by atomic mass is 9.89. The molecule has 0 aromatic carbocycles. The molecular weight excluding hydrogens is 226 g/mol. The highest BCUT2D eigenvalue weighted by atomic mass is 16.3. The van der Waals surface area contributed by atoms with Gasteiger partial charge < -0.3 is 4.42 Å². The number of rotatable bonds is 3. The van der Waals surface area contributed by atoms with Crippen LogP contribution in [0.1, 0.15) is 56.5 Å². The first kappa shape index (κ1) is 11.5. The van der Waals surface area contributed by atoms with Gasteiger partial charge in [0.25, 0.3) is 0 Å². The number of nitrogens with zero attached hydrogens (tertiary/aromatic N) is 2. The molecule has 1 saturated carbocycles. The first-order valence-electron chi connectivity index (χ1n) is 6.88. The van der Waals surface area contributed by atoms with E-state index >= 15 is 0 Å². The second kappa shape index (κ2) is 4.96. The molecule has 0 bridgehead atoms. The largest absolute Gasteiger partial charge is 0.458 e. The Morgan fingerprint density at radius 3 is 2.83 bits per heavy atom. The number of aromatic amines is 1. The van der Waals surface area contributed by atoms with Gasteiger partial charge in [-0.25, -0.2) is 4.98 Å². The van der Waals surface area contributed by atoms with Crippen LogP contribution < -0.4 is 0 Å². The highest BCUT2D eigenvalue weighted by molar-refractivity contribution is 5.46. The number of aromatic nitrogens is 3. The summed E-state index contributed by atoms with van der Waals surface area (Å²) in [6.45, 7) is 2.08. The molecule has 1 aliphatic rings. The smallest absolute Gasteiger partial charge is 0.216 e. The van der Waals surface area contributed by atoms with Crippen molar-refractivity contribution in [3.63, 3.8) is 0 Å². The Morgan fingerprint density at radius 1 is 1.28 bits per heavy atom. The summed E-state index contributed by atoms with van der Waals surface area (Å²) in [4.78, 5) is 4.59.